The van der Waals surface area contributed by atoms with Gasteiger partial charge in [0.2, 0.25) is 0 Å². The Morgan fingerprint density at radius 3 is 2.81 bits per heavy atom. The molecule has 1 fully saturated rings. The van der Waals surface area contributed by atoms with E-state index in [4.69, 9.17) is 4.74 Å². The maximum Gasteiger partial charge on any atom is 0.186 e. The number of carbonyl (C=O) groups is 1. The fraction of sp³-hybridized carbons (Fsp3) is 0.636. The van der Waals surface area contributed by atoms with Crippen molar-refractivity contribution in [1.82, 2.24) is 4.98 Å². The minimum absolute atomic E-state index is 0.219. The number of anilines is 1. The lowest BCUT2D eigenvalue weighted by Crippen LogP contribution is -2.36. The van der Waals surface area contributed by atoms with Crippen molar-refractivity contribution in [3.05, 3.63) is 10.6 Å². The van der Waals surface area contributed by atoms with Gasteiger partial charge < -0.3 is 9.64 Å². The van der Waals surface area contributed by atoms with Crippen molar-refractivity contribution in [3.8, 4) is 0 Å². The maximum absolute atomic E-state index is 11.7. The normalized spacial score (nSPS) is 21.0. The molecule has 86 valence electrons. The van der Waals surface area contributed by atoms with Gasteiger partial charge in [-0.05, 0) is 12.8 Å². The number of nitrogens with zero attached hydrogens (tertiary/aromatic N) is 2. The van der Waals surface area contributed by atoms with Crippen LogP contribution < -0.4 is 4.90 Å². The maximum atomic E-state index is 11.7. The van der Waals surface area contributed by atoms with E-state index in [1.807, 2.05) is 0 Å². The van der Waals surface area contributed by atoms with Crippen molar-refractivity contribution in [1.29, 1.82) is 0 Å². The van der Waals surface area contributed by atoms with Crippen molar-refractivity contribution >= 4 is 22.3 Å². The smallest absolute Gasteiger partial charge is 0.186 e. The van der Waals surface area contributed by atoms with Gasteiger partial charge in [0, 0.05) is 24.4 Å². The van der Waals surface area contributed by atoms with E-state index in [9.17, 15) is 4.79 Å². The van der Waals surface area contributed by atoms with Crippen LogP contribution in [0.1, 0.15) is 28.2 Å². The van der Waals surface area contributed by atoms with Gasteiger partial charge in [-0.15, -0.1) is 11.3 Å². The molecular weight excluding hydrogens is 224 g/mol. The van der Waals surface area contributed by atoms with Crippen molar-refractivity contribution in [2.24, 2.45) is 0 Å². The minimum Gasteiger partial charge on any atom is -0.378 e. The summed E-state index contributed by atoms with van der Waals surface area (Å²) in [6, 6.07) is 0. The van der Waals surface area contributed by atoms with Crippen LogP contribution in [0.3, 0.4) is 0 Å². The zero-order valence-corrected chi connectivity index (χ0v) is 9.89. The molecule has 1 aliphatic carbocycles. The molecule has 4 nitrogen and oxygen atoms in total. The van der Waals surface area contributed by atoms with Crippen LogP contribution in [0, 0.1) is 0 Å². The Kier molecular flexibility index (Phi) is 2.65. The van der Waals surface area contributed by atoms with Gasteiger partial charge >= 0.3 is 0 Å². The van der Waals surface area contributed by atoms with Crippen LogP contribution in [0.5, 0.6) is 0 Å². The molecule has 0 bridgehead atoms. The van der Waals surface area contributed by atoms with Crippen LogP contribution in [0.2, 0.25) is 0 Å². The number of hydrogen-bond acceptors (Lipinski definition) is 5. The van der Waals surface area contributed by atoms with E-state index in [1.54, 1.807) is 11.3 Å². The summed E-state index contributed by atoms with van der Waals surface area (Å²) in [4.78, 5) is 19.6. The van der Waals surface area contributed by atoms with Gasteiger partial charge in [-0.2, -0.15) is 0 Å². The highest BCUT2D eigenvalue weighted by Gasteiger charge is 2.24. The van der Waals surface area contributed by atoms with E-state index >= 15 is 0 Å². The first-order valence-corrected chi connectivity index (χ1v) is 6.52. The minimum atomic E-state index is 0.219. The number of fused-ring (bicyclic) bond motifs is 1. The zero-order valence-electron chi connectivity index (χ0n) is 9.07. The fourth-order valence-corrected chi connectivity index (χ4v) is 3.32. The summed E-state index contributed by atoms with van der Waals surface area (Å²) in [5, 5.41) is 1.00. The molecule has 1 aliphatic heterocycles. The van der Waals surface area contributed by atoms with Crippen LogP contribution in [-0.4, -0.2) is 37.1 Å². The molecule has 0 N–H and O–H groups in total. The summed E-state index contributed by atoms with van der Waals surface area (Å²) >= 11 is 1.68. The second-order valence-electron chi connectivity index (χ2n) is 4.14. The number of carbonyl (C=O) groups excluding carboxylic acids is 1. The first-order valence-electron chi connectivity index (χ1n) is 5.70. The van der Waals surface area contributed by atoms with Gasteiger partial charge in [0.1, 0.15) is 5.69 Å². The molecule has 1 saturated heterocycles. The molecule has 2 aliphatic rings. The van der Waals surface area contributed by atoms with Crippen molar-refractivity contribution in [2.75, 3.05) is 31.2 Å². The highest BCUT2D eigenvalue weighted by atomic mass is 32.1. The summed E-state index contributed by atoms with van der Waals surface area (Å²) in [5.74, 6) is 0.219. The van der Waals surface area contributed by atoms with E-state index in [1.165, 1.54) is 4.88 Å². The largest absolute Gasteiger partial charge is 0.378 e. The Balaban J connectivity index is 1.88. The summed E-state index contributed by atoms with van der Waals surface area (Å²) in [6.07, 6.45) is 2.67. The first kappa shape index (κ1) is 10.2. The lowest BCUT2D eigenvalue weighted by molar-refractivity contribution is 0.0968. The average Bonchev–Trinajstić information content (AvgIpc) is 2.76. The van der Waals surface area contributed by atoms with Gasteiger partial charge in [0.15, 0.2) is 10.9 Å². The Bertz CT molecular complexity index is 410. The number of thiazole rings is 1. The Morgan fingerprint density at radius 1 is 1.25 bits per heavy atom. The zero-order chi connectivity index (χ0) is 11.0. The molecule has 0 unspecified atom stereocenters. The van der Waals surface area contributed by atoms with Crippen molar-refractivity contribution < 1.29 is 9.53 Å². The van der Waals surface area contributed by atoms with E-state index in [-0.39, 0.29) is 5.78 Å². The SMILES string of the molecule is O=C1CCCc2sc(N3CCOCC3)nc21. The highest BCUT2D eigenvalue weighted by molar-refractivity contribution is 7.16. The molecule has 0 atom stereocenters. The predicted molar refractivity (Wildman–Crippen MR) is 62.4 cm³/mol. The number of aryl methyl sites for hydroxylation is 1. The first-order chi connectivity index (χ1) is 7.84. The van der Waals surface area contributed by atoms with Crippen molar-refractivity contribution in [2.45, 2.75) is 19.3 Å². The van der Waals surface area contributed by atoms with Crippen LogP contribution in [0.25, 0.3) is 0 Å². The monoisotopic (exact) mass is 238 g/mol. The summed E-state index contributed by atoms with van der Waals surface area (Å²) in [6.45, 7) is 3.30. The Morgan fingerprint density at radius 2 is 2.06 bits per heavy atom. The molecule has 1 aromatic rings. The van der Waals surface area contributed by atoms with E-state index in [0.29, 0.717) is 6.42 Å². The molecule has 5 heteroatoms. The number of ether oxygens (including phenoxy) is 1. The third kappa shape index (κ3) is 1.74. The van der Waals surface area contributed by atoms with Crippen LogP contribution in [0.4, 0.5) is 5.13 Å². The number of Topliss-reactive ketones (excluding diaryl/α,β-unsaturated/α-hetero) is 1. The van der Waals surface area contributed by atoms with Gasteiger partial charge in [0.25, 0.3) is 0 Å². The van der Waals surface area contributed by atoms with Gasteiger partial charge in [-0.3, -0.25) is 4.79 Å². The third-order valence-electron chi connectivity index (χ3n) is 3.04. The van der Waals surface area contributed by atoms with E-state index in [2.05, 4.69) is 9.88 Å². The number of aromatic nitrogens is 1. The number of ketones is 1. The summed E-state index contributed by atoms with van der Waals surface area (Å²) < 4.78 is 5.31. The molecule has 1 aromatic heterocycles. The predicted octanol–water partition coefficient (Wildman–Crippen LogP) is 1.50. The van der Waals surface area contributed by atoms with Crippen molar-refractivity contribution in [3.63, 3.8) is 0 Å². The van der Waals surface area contributed by atoms with Crippen LogP contribution in [0.15, 0.2) is 0 Å². The molecule has 0 spiro atoms. The summed E-state index contributed by atoms with van der Waals surface area (Å²) in [7, 11) is 0. The standard InChI is InChI=1S/C11H14N2O2S/c14-8-2-1-3-9-10(8)12-11(16-9)13-4-6-15-7-5-13/h1-7H2. The number of hydrogen-bond donors (Lipinski definition) is 0. The fourth-order valence-electron chi connectivity index (χ4n) is 2.14. The molecule has 0 saturated carbocycles. The van der Waals surface area contributed by atoms with E-state index < -0.39 is 0 Å². The molecule has 0 radical (unpaired) electrons. The number of rotatable bonds is 1. The lowest BCUT2D eigenvalue weighted by Gasteiger charge is -2.25. The third-order valence-corrected chi connectivity index (χ3v) is 4.22. The molecule has 0 amide bonds. The summed E-state index contributed by atoms with van der Waals surface area (Å²) in [5.41, 5.74) is 0.734. The van der Waals surface area contributed by atoms with E-state index in [0.717, 1.165) is 50.0 Å². The Hall–Kier alpha value is -0.940. The molecular formula is C11H14N2O2S. The molecule has 3 rings (SSSR count). The molecule has 0 aromatic carbocycles. The van der Waals surface area contributed by atoms with Crippen LogP contribution in [-0.2, 0) is 11.2 Å². The lowest BCUT2D eigenvalue weighted by atomic mass is 10.0. The van der Waals surface area contributed by atoms with Gasteiger partial charge in [-0.1, -0.05) is 0 Å². The quantitative estimate of drug-likeness (QED) is 0.743. The van der Waals surface area contributed by atoms with Crippen LogP contribution >= 0.6 is 11.3 Å². The topological polar surface area (TPSA) is 42.4 Å². The average molecular weight is 238 g/mol. The highest BCUT2D eigenvalue weighted by Crippen LogP contribution is 2.31. The van der Waals surface area contributed by atoms with Gasteiger partial charge in [0.05, 0.1) is 13.2 Å². The molecule has 2 heterocycles. The second-order valence-corrected chi connectivity index (χ2v) is 5.21. The number of morpholine rings is 1. The Labute approximate surface area is 98.2 Å². The second kappa shape index (κ2) is 4.14. The molecule has 16 heavy (non-hydrogen) atoms. The van der Waals surface area contributed by atoms with Gasteiger partial charge in [-0.25, -0.2) is 4.98 Å².